The number of allylic oxidation sites excluding steroid dienone is 2. The highest BCUT2D eigenvalue weighted by atomic mass is 127. The fraction of sp³-hybridized carbons (Fsp3) is 0.750. The average Bonchev–Trinajstić information content (AvgIpc) is 3.44. The Balaban J connectivity index is 0.00000225. The third kappa shape index (κ3) is 3.81. The van der Waals surface area contributed by atoms with Crippen molar-refractivity contribution in [3.05, 3.63) is 12.2 Å². The van der Waals surface area contributed by atoms with Crippen molar-refractivity contribution in [2.75, 3.05) is 39.8 Å². The van der Waals surface area contributed by atoms with Gasteiger partial charge < -0.3 is 10.6 Å². The summed E-state index contributed by atoms with van der Waals surface area (Å²) in [5, 5.41) is 6.64. The molecule has 4 aliphatic rings. The fourth-order valence-electron chi connectivity index (χ4n) is 5.45. The molecule has 3 fully saturated rings. The summed E-state index contributed by atoms with van der Waals surface area (Å²) in [4.78, 5) is 33.6. The maximum Gasteiger partial charge on any atom is 0.233 e. The lowest BCUT2D eigenvalue weighted by Crippen LogP contribution is -2.47. The summed E-state index contributed by atoms with van der Waals surface area (Å²) in [7, 11) is 1.75. The number of guanidine groups is 1. The second-order valence-corrected chi connectivity index (χ2v) is 8.13. The molecule has 2 heterocycles. The molecule has 4 rings (SSSR count). The molecule has 0 radical (unpaired) electrons. The molecule has 0 aromatic rings. The summed E-state index contributed by atoms with van der Waals surface area (Å²) in [5.41, 5.74) is 0. The number of aliphatic imine (C=N–C) groups is 1. The van der Waals surface area contributed by atoms with E-state index < -0.39 is 0 Å². The van der Waals surface area contributed by atoms with Crippen LogP contribution in [-0.2, 0) is 9.59 Å². The molecule has 2 aliphatic carbocycles. The van der Waals surface area contributed by atoms with E-state index >= 15 is 0 Å². The first kappa shape index (κ1) is 21.5. The standard InChI is InChI=1S/C20H31N5O2.HI/c1-3-24-9-4-5-15(24)12-23-20(21-2)22-8-10-25-18(26)16-13-6-7-14(11-13)17(16)19(25)27;/h6-7,13-17H,3-5,8-12H2,1-2H3,(H2,21,22,23);1H. The van der Waals surface area contributed by atoms with Crippen LogP contribution in [0.3, 0.4) is 0 Å². The lowest BCUT2D eigenvalue weighted by Gasteiger charge is -2.24. The van der Waals surface area contributed by atoms with Gasteiger partial charge in [-0.05, 0) is 44.2 Å². The number of carbonyl (C=O) groups excluding carboxylic acids is 2. The Morgan fingerprint density at radius 1 is 1.18 bits per heavy atom. The molecule has 28 heavy (non-hydrogen) atoms. The molecule has 1 saturated carbocycles. The zero-order valence-corrected chi connectivity index (χ0v) is 19.1. The predicted molar refractivity (Wildman–Crippen MR) is 119 cm³/mol. The van der Waals surface area contributed by atoms with Gasteiger partial charge in [0.05, 0.1) is 11.8 Å². The van der Waals surface area contributed by atoms with Gasteiger partial charge in [-0.25, -0.2) is 0 Å². The van der Waals surface area contributed by atoms with Crippen molar-refractivity contribution in [3.8, 4) is 0 Å². The van der Waals surface area contributed by atoms with Crippen molar-refractivity contribution in [2.24, 2.45) is 28.7 Å². The third-order valence-electron chi connectivity index (χ3n) is 6.82. The van der Waals surface area contributed by atoms with Gasteiger partial charge in [0.15, 0.2) is 5.96 Å². The lowest BCUT2D eigenvalue weighted by atomic mass is 9.85. The molecule has 5 unspecified atom stereocenters. The molecule has 2 amide bonds. The molecule has 5 atom stereocenters. The Kier molecular flexibility index (Phi) is 7.01. The van der Waals surface area contributed by atoms with Crippen LogP contribution in [0.4, 0.5) is 0 Å². The SMILES string of the molecule is CCN1CCCC1CNC(=NC)NCCN1C(=O)C2C3C=CC(C3)C2C1=O.I. The van der Waals surface area contributed by atoms with E-state index in [2.05, 4.69) is 39.6 Å². The second-order valence-electron chi connectivity index (χ2n) is 8.13. The Bertz CT molecular complexity index is 637. The summed E-state index contributed by atoms with van der Waals surface area (Å²) in [5.74, 6) is 1.12. The summed E-state index contributed by atoms with van der Waals surface area (Å²) in [6, 6.07) is 0.553. The topological polar surface area (TPSA) is 77.0 Å². The molecule has 8 heteroatoms. The number of carbonyl (C=O) groups is 2. The molecule has 0 spiro atoms. The number of hydrogen-bond acceptors (Lipinski definition) is 4. The van der Waals surface area contributed by atoms with Crippen LogP contribution in [0.5, 0.6) is 0 Å². The monoisotopic (exact) mass is 501 g/mol. The molecule has 2 aliphatic heterocycles. The number of fused-ring (bicyclic) bond motifs is 5. The number of amides is 2. The highest BCUT2D eigenvalue weighted by molar-refractivity contribution is 14.0. The van der Waals surface area contributed by atoms with E-state index in [-0.39, 0.29) is 59.5 Å². The molecule has 0 aromatic carbocycles. The molecule has 7 nitrogen and oxygen atoms in total. The normalized spacial score (nSPS) is 34.1. The number of likely N-dealkylation sites (tertiary alicyclic amines) is 2. The van der Waals surface area contributed by atoms with E-state index in [9.17, 15) is 9.59 Å². The lowest BCUT2D eigenvalue weighted by molar-refractivity contribution is -0.140. The van der Waals surface area contributed by atoms with Gasteiger partial charge in [-0.15, -0.1) is 24.0 Å². The predicted octanol–water partition coefficient (Wildman–Crippen LogP) is 1.06. The smallest absolute Gasteiger partial charge is 0.233 e. The molecule has 2 N–H and O–H groups in total. The van der Waals surface area contributed by atoms with Crippen molar-refractivity contribution in [2.45, 2.75) is 32.2 Å². The van der Waals surface area contributed by atoms with Gasteiger partial charge >= 0.3 is 0 Å². The molecule has 0 aromatic heterocycles. The largest absolute Gasteiger partial charge is 0.355 e. The fourth-order valence-corrected chi connectivity index (χ4v) is 5.45. The van der Waals surface area contributed by atoms with Gasteiger partial charge in [-0.1, -0.05) is 19.1 Å². The first-order valence-corrected chi connectivity index (χ1v) is 10.4. The summed E-state index contributed by atoms with van der Waals surface area (Å²) < 4.78 is 0. The van der Waals surface area contributed by atoms with Crippen molar-refractivity contribution >= 4 is 41.8 Å². The van der Waals surface area contributed by atoms with E-state index in [0.717, 1.165) is 25.5 Å². The van der Waals surface area contributed by atoms with Crippen LogP contribution in [0, 0.1) is 23.7 Å². The summed E-state index contributed by atoms with van der Waals surface area (Å²) >= 11 is 0. The van der Waals surface area contributed by atoms with E-state index in [0.29, 0.717) is 19.1 Å². The Labute approximate surface area is 184 Å². The number of imide groups is 1. The quantitative estimate of drug-likeness (QED) is 0.187. The Hall–Kier alpha value is -1.16. The van der Waals surface area contributed by atoms with Crippen LogP contribution in [0.2, 0.25) is 0 Å². The summed E-state index contributed by atoms with van der Waals surface area (Å²) in [6.45, 7) is 6.27. The molecule has 2 saturated heterocycles. The first-order chi connectivity index (χ1) is 13.1. The highest BCUT2D eigenvalue weighted by Gasteiger charge is 2.58. The van der Waals surface area contributed by atoms with Crippen LogP contribution in [0.1, 0.15) is 26.2 Å². The van der Waals surface area contributed by atoms with Gasteiger partial charge in [0.1, 0.15) is 0 Å². The first-order valence-electron chi connectivity index (χ1n) is 10.4. The number of likely N-dealkylation sites (N-methyl/N-ethyl adjacent to an activating group) is 1. The van der Waals surface area contributed by atoms with Gasteiger partial charge in [0.25, 0.3) is 0 Å². The van der Waals surface area contributed by atoms with Crippen LogP contribution in [0.25, 0.3) is 0 Å². The van der Waals surface area contributed by atoms with Gasteiger partial charge in [-0.3, -0.25) is 24.4 Å². The van der Waals surface area contributed by atoms with Crippen molar-refractivity contribution in [3.63, 3.8) is 0 Å². The molecular weight excluding hydrogens is 469 g/mol. The average molecular weight is 501 g/mol. The van der Waals surface area contributed by atoms with Gasteiger partial charge in [0.2, 0.25) is 11.8 Å². The molecule has 156 valence electrons. The van der Waals surface area contributed by atoms with E-state index in [4.69, 9.17) is 0 Å². The highest BCUT2D eigenvalue weighted by Crippen LogP contribution is 2.52. The number of halogens is 1. The van der Waals surface area contributed by atoms with Crippen LogP contribution in [0.15, 0.2) is 17.1 Å². The van der Waals surface area contributed by atoms with Gasteiger partial charge in [0, 0.05) is 32.7 Å². The zero-order chi connectivity index (χ0) is 19.0. The number of hydrogen-bond donors (Lipinski definition) is 2. The third-order valence-corrected chi connectivity index (χ3v) is 6.82. The van der Waals surface area contributed by atoms with E-state index in [1.165, 1.54) is 24.3 Å². The Morgan fingerprint density at radius 3 is 2.46 bits per heavy atom. The molecule has 2 bridgehead atoms. The minimum Gasteiger partial charge on any atom is -0.355 e. The van der Waals surface area contributed by atoms with Crippen molar-refractivity contribution in [1.29, 1.82) is 0 Å². The van der Waals surface area contributed by atoms with E-state index in [1.54, 1.807) is 7.05 Å². The minimum absolute atomic E-state index is 0. The van der Waals surface area contributed by atoms with Crippen LogP contribution < -0.4 is 10.6 Å². The zero-order valence-electron chi connectivity index (χ0n) is 16.8. The van der Waals surface area contributed by atoms with Crippen molar-refractivity contribution in [1.82, 2.24) is 20.4 Å². The minimum atomic E-state index is -0.104. The maximum absolute atomic E-state index is 12.7. The van der Waals surface area contributed by atoms with Crippen LogP contribution >= 0.6 is 24.0 Å². The number of nitrogens with one attached hydrogen (secondary N) is 2. The summed E-state index contributed by atoms with van der Waals surface area (Å²) in [6.07, 6.45) is 7.71. The van der Waals surface area contributed by atoms with Gasteiger partial charge in [-0.2, -0.15) is 0 Å². The maximum atomic E-state index is 12.7. The second kappa shape index (κ2) is 9.11. The number of rotatable bonds is 6. The van der Waals surface area contributed by atoms with E-state index in [1.807, 2.05) is 0 Å². The Morgan fingerprint density at radius 2 is 1.86 bits per heavy atom. The number of nitrogens with zero attached hydrogens (tertiary/aromatic N) is 3. The molecular formula is C20H32IN5O2. The van der Waals surface area contributed by atoms with Crippen LogP contribution in [-0.4, -0.2) is 73.4 Å². The van der Waals surface area contributed by atoms with Crippen molar-refractivity contribution < 1.29 is 9.59 Å².